The van der Waals surface area contributed by atoms with E-state index in [1.807, 2.05) is 13.8 Å². The van der Waals surface area contributed by atoms with Crippen molar-refractivity contribution in [3.05, 3.63) is 30.1 Å². The number of carbonyl (C=O) groups is 2. The molecule has 0 spiro atoms. The first-order valence-electron chi connectivity index (χ1n) is 9.15. The summed E-state index contributed by atoms with van der Waals surface area (Å²) >= 11 is 0. The lowest BCUT2D eigenvalue weighted by atomic mass is 9.99. The Morgan fingerprint density at radius 1 is 1.27 bits per heavy atom. The van der Waals surface area contributed by atoms with Crippen LogP contribution in [0.25, 0.3) is 0 Å². The number of amides is 1. The molecule has 1 amide bonds. The monoisotopic (exact) mass is 366 g/mol. The largest absolute Gasteiger partial charge is 0.467 e. The second kappa shape index (κ2) is 9.52. The number of nitrogens with one attached hydrogen (secondary N) is 2. The predicted molar refractivity (Wildman–Crippen MR) is 97.6 cm³/mol. The first-order valence-corrected chi connectivity index (χ1v) is 9.15. The third-order valence-corrected chi connectivity index (χ3v) is 5.06. The van der Waals surface area contributed by atoms with Gasteiger partial charge in [0.05, 0.1) is 33.3 Å². The maximum absolute atomic E-state index is 13.0. The van der Waals surface area contributed by atoms with Gasteiger partial charge >= 0.3 is 5.97 Å². The number of rotatable bonds is 7. The fourth-order valence-electron chi connectivity index (χ4n) is 3.16. The van der Waals surface area contributed by atoms with Gasteiger partial charge in [0.25, 0.3) is 5.91 Å². The third kappa shape index (κ3) is 5.42. The number of hydrogen-bond donors (Lipinski definition) is 2. The first kappa shape index (κ1) is 20.2. The van der Waals surface area contributed by atoms with Crippen molar-refractivity contribution < 1.29 is 23.6 Å². The van der Waals surface area contributed by atoms with Crippen LogP contribution in [-0.4, -0.2) is 57.8 Å². The molecule has 26 heavy (non-hydrogen) atoms. The van der Waals surface area contributed by atoms with Crippen molar-refractivity contribution in [1.29, 1.82) is 0 Å². The molecular formula is C19H29FN3O3+. The molecular weight excluding hydrogens is 337 g/mol. The minimum absolute atomic E-state index is 0.0247. The summed E-state index contributed by atoms with van der Waals surface area (Å²) in [5.74, 6) is -0.748. The highest BCUT2D eigenvalue weighted by atomic mass is 19.1. The molecule has 1 aliphatic heterocycles. The summed E-state index contributed by atoms with van der Waals surface area (Å²) in [6, 6.07) is 5.88. The Labute approximate surface area is 154 Å². The summed E-state index contributed by atoms with van der Waals surface area (Å²) in [6.07, 6.45) is 0.781. The van der Waals surface area contributed by atoms with Gasteiger partial charge < -0.3 is 19.9 Å². The summed E-state index contributed by atoms with van der Waals surface area (Å²) in [5.41, 5.74) is 0.998. The van der Waals surface area contributed by atoms with E-state index in [9.17, 15) is 14.0 Å². The van der Waals surface area contributed by atoms with E-state index in [2.05, 4.69) is 10.2 Å². The molecule has 7 heteroatoms. The molecule has 0 aromatic heterocycles. The molecule has 6 nitrogen and oxygen atoms in total. The molecule has 1 heterocycles. The van der Waals surface area contributed by atoms with E-state index in [1.165, 1.54) is 24.1 Å². The highest BCUT2D eigenvalue weighted by molar-refractivity contribution is 5.85. The lowest BCUT2D eigenvalue weighted by molar-refractivity contribution is -0.892. The summed E-state index contributed by atoms with van der Waals surface area (Å²) < 4.78 is 17.8. The Morgan fingerprint density at radius 2 is 1.88 bits per heavy atom. The lowest BCUT2D eigenvalue weighted by Gasteiger charge is -2.33. The number of benzene rings is 1. The van der Waals surface area contributed by atoms with E-state index in [0.717, 1.165) is 38.3 Å². The molecule has 2 atom stereocenters. The van der Waals surface area contributed by atoms with Gasteiger partial charge in [-0.1, -0.05) is 20.3 Å². The number of piperazine rings is 1. The van der Waals surface area contributed by atoms with Crippen molar-refractivity contribution in [3.8, 4) is 0 Å². The summed E-state index contributed by atoms with van der Waals surface area (Å²) in [7, 11) is 1.34. The van der Waals surface area contributed by atoms with Crippen molar-refractivity contribution in [2.75, 3.05) is 44.7 Å². The standard InChI is InChI=1S/C19H28FN3O3/c1-4-14(2)18(19(25)26-3)21-17(24)13-22-9-11-23(12-10-22)16-7-5-15(20)6-8-16/h5-8,14,18H,4,9-13H2,1-3H3,(H,21,24)/p+1/t14-,18-/m1/s1. The van der Waals surface area contributed by atoms with Crippen molar-refractivity contribution >= 4 is 17.6 Å². The number of esters is 1. The van der Waals surface area contributed by atoms with Crippen LogP contribution in [0, 0.1) is 11.7 Å². The number of anilines is 1. The molecule has 2 N–H and O–H groups in total. The van der Waals surface area contributed by atoms with Crippen molar-refractivity contribution in [2.45, 2.75) is 26.3 Å². The van der Waals surface area contributed by atoms with Crippen LogP contribution in [-0.2, 0) is 14.3 Å². The van der Waals surface area contributed by atoms with Gasteiger partial charge in [0.1, 0.15) is 11.9 Å². The normalized spacial score (nSPS) is 17.5. The lowest BCUT2D eigenvalue weighted by Crippen LogP contribution is -3.16. The number of ether oxygens (including phenoxy) is 1. The second-order valence-corrected chi connectivity index (χ2v) is 6.84. The van der Waals surface area contributed by atoms with E-state index in [4.69, 9.17) is 4.74 Å². The molecule has 0 aliphatic carbocycles. The Hall–Kier alpha value is -2.15. The van der Waals surface area contributed by atoms with Crippen LogP contribution in [0.1, 0.15) is 20.3 Å². The molecule has 1 fully saturated rings. The van der Waals surface area contributed by atoms with Gasteiger partial charge in [0.15, 0.2) is 6.54 Å². The SMILES string of the molecule is CC[C@@H](C)[C@@H](NC(=O)C[NH+]1CCN(c2ccc(F)cc2)CC1)C(=O)OC. The fraction of sp³-hybridized carbons (Fsp3) is 0.579. The van der Waals surface area contributed by atoms with Gasteiger partial charge in [-0.05, 0) is 30.2 Å². The van der Waals surface area contributed by atoms with Crippen LogP contribution >= 0.6 is 0 Å². The Morgan fingerprint density at radius 3 is 2.42 bits per heavy atom. The van der Waals surface area contributed by atoms with Crippen LogP contribution in [0.4, 0.5) is 10.1 Å². The van der Waals surface area contributed by atoms with Crippen LogP contribution in [0.2, 0.25) is 0 Å². The topological polar surface area (TPSA) is 63.1 Å². The molecule has 144 valence electrons. The smallest absolute Gasteiger partial charge is 0.328 e. The van der Waals surface area contributed by atoms with E-state index < -0.39 is 12.0 Å². The van der Waals surface area contributed by atoms with Gasteiger partial charge in [-0.25, -0.2) is 9.18 Å². The molecule has 0 bridgehead atoms. The van der Waals surface area contributed by atoms with Gasteiger partial charge in [-0.3, -0.25) is 4.79 Å². The molecule has 1 saturated heterocycles. The van der Waals surface area contributed by atoms with Crippen molar-refractivity contribution in [2.24, 2.45) is 5.92 Å². The van der Waals surface area contributed by atoms with E-state index in [0.29, 0.717) is 6.54 Å². The van der Waals surface area contributed by atoms with Gasteiger partial charge in [0.2, 0.25) is 0 Å². The maximum atomic E-state index is 13.0. The van der Waals surface area contributed by atoms with Crippen molar-refractivity contribution in [3.63, 3.8) is 0 Å². The number of quaternary nitrogens is 1. The first-order chi connectivity index (χ1) is 12.4. The molecule has 0 unspecified atom stereocenters. The Kier molecular flexibility index (Phi) is 7.38. The highest BCUT2D eigenvalue weighted by Gasteiger charge is 2.29. The third-order valence-electron chi connectivity index (χ3n) is 5.06. The number of hydrogen-bond acceptors (Lipinski definition) is 4. The van der Waals surface area contributed by atoms with Gasteiger partial charge in [-0.2, -0.15) is 0 Å². The average molecular weight is 366 g/mol. The van der Waals surface area contributed by atoms with E-state index in [1.54, 1.807) is 12.1 Å². The number of carbonyl (C=O) groups excluding carboxylic acids is 2. The Balaban J connectivity index is 1.83. The van der Waals surface area contributed by atoms with Crippen LogP contribution < -0.4 is 15.1 Å². The molecule has 2 rings (SSSR count). The highest BCUT2D eigenvalue weighted by Crippen LogP contribution is 2.14. The zero-order chi connectivity index (χ0) is 19.1. The Bertz CT molecular complexity index is 601. The van der Waals surface area contributed by atoms with Crippen LogP contribution in [0.15, 0.2) is 24.3 Å². The number of halogens is 1. The molecule has 0 saturated carbocycles. The number of nitrogens with zero attached hydrogens (tertiary/aromatic N) is 1. The molecule has 1 aromatic carbocycles. The van der Waals surface area contributed by atoms with Gasteiger partial charge in [-0.15, -0.1) is 0 Å². The average Bonchev–Trinajstić information content (AvgIpc) is 2.66. The summed E-state index contributed by atoms with van der Waals surface area (Å²) in [4.78, 5) is 27.6. The number of methoxy groups -OCH3 is 1. The van der Waals surface area contributed by atoms with E-state index >= 15 is 0 Å². The molecule has 0 radical (unpaired) electrons. The van der Waals surface area contributed by atoms with Gasteiger partial charge in [0, 0.05) is 5.69 Å². The second-order valence-electron chi connectivity index (χ2n) is 6.84. The predicted octanol–water partition coefficient (Wildman–Crippen LogP) is 0.235. The minimum atomic E-state index is -0.600. The maximum Gasteiger partial charge on any atom is 0.328 e. The summed E-state index contributed by atoms with van der Waals surface area (Å²) in [6.45, 7) is 7.48. The summed E-state index contributed by atoms with van der Waals surface area (Å²) in [5, 5.41) is 2.83. The molecule has 1 aromatic rings. The minimum Gasteiger partial charge on any atom is -0.467 e. The van der Waals surface area contributed by atoms with E-state index in [-0.39, 0.29) is 17.6 Å². The molecule has 1 aliphatic rings. The van der Waals surface area contributed by atoms with Crippen LogP contribution in [0.3, 0.4) is 0 Å². The zero-order valence-corrected chi connectivity index (χ0v) is 15.8. The zero-order valence-electron chi connectivity index (χ0n) is 15.8. The van der Waals surface area contributed by atoms with Crippen molar-refractivity contribution in [1.82, 2.24) is 5.32 Å². The fourth-order valence-corrected chi connectivity index (χ4v) is 3.16. The van der Waals surface area contributed by atoms with Crippen LogP contribution in [0.5, 0.6) is 0 Å². The quantitative estimate of drug-likeness (QED) is 0.679.